The second kappa shape index (κ2) is 11.5. The Balaban J connectivity index is 1.39. The number of β-amino-alcohol motifs (C(OH)–C–C–N with tert-alkyl or cyclic N) is 1. The number of aromatic hydroxyl groups is 1. The van der Waals surface area contributed by atoms with Crippen molar-refractivity contribution in [1.82, 2.24) is 24.6 Å². The second-order valence-corrected chi connectivity index (χ2v) is 13.7. The summed E-state index contributed by atoms with van der Waals surface area (Å²) in [5.41, 5.74) is -2.23. The Bertz CT molecular complexity index is 2200. The Labute approximate surface area is 279 Å². The van der Waals surface area contributed by atoms with Gasteiger partial charge in [0.1, 0.15) is 53.5 Å². The summed E-state index contributed by atoms with van der Waals surface area (Å²) in [6.07, 6.45) is 9.05. The standard InChI is InChI=1S/C36H34F4N6O3/c1-3-23-26(39)7-6-20-12-22(47)13-24(27(20)23)28-30(40)32-29(25-16-44(2)43-31(25)28)33(45-10-5-9-36(48,17-37)18-45)42-34(41-32)49-19-35-8-4-11-46(35)15-21(38)14-35/h1,6-7,12-13,16,21,47-48H,4-5,8-11,14-15,17-19H2,2H3/t21-,35?,36?/m1/s1. The van der Waals surface area contributed by atoms with E-state index in [4.69, 9.17) is 16.1 Å². The van der Waals surface area contributed by atoms with E-state index in [2.05, 4.69) is 20.9 Å². The topological polar surface area (TPSA) is 99.8 Å². The number of hydrogen-bond acceptors (Lipinski definition) is 8. The van der Waals surface area contributed by atoms with Crippen LogP contribution in [-0.4, -0.2) is 91.6 Å². The van der Waals surface area contributed by atoms with Crippen LogP contribution >= 0.6 is 0 Å². The smallest absolute Gasteiger partial charge is 0.319 e. The van der Waals surface area contributed by atoms with Crippen LogP contribution < -0.4 is 9.64 Å². The molecular formula is C36H34F4N6O3. The third-order valence-electron chi connectivity index (χ3n) is 10.4. The van der Waals surface area contributed by atoms with E-state index < -0.39 is 35.6 Å². The molecule has 0 radical (unpaired) electrons. The van der Waals surface area contributed by atoms with Crippen LogP contribution in [0.3, 0.4) is 0 Å². The minimum Gasteiger partial charge on any atom is -0.508 e. The Morgan fingerprint density at radius 3 is 2.71 bits per heavy atom. The highest BCUT2D eigenvalue weighted by Crippen LogP contribution is 2.46. The van der Waals surface area contributed by atoms with E-state index in [0.29, 0.717) is 36.7 Å². The average Bonchev–Trinajstić information content (AvgIpc) is 3.74. The number of hydrogen-bond donors (Lipinski definition) is 2. The molecule has 5 heterocycles. The van der Waals surface area contributed by atoms with Crippen LogP contribution in [0.25, 0.3) is 43.7 Å². The van der Waals surface area contributed by atoms with E-state index in [0.717, 1.165) is 19.4 Å². The predicted octanol–water partition coefficient (Wildman–Crippen LogP) is 5.56. The fourth-order valence-electron chi connectivity index (χ4n) is 8.27. The number of terminal acetylenes is 1. The molecule has 254 valence electrons. The van der Waals surface area contributed by atoms with Crippen LogP contribution in [-0.2, 0) is 7.05 Å². The van der Waals surface area contributed by atoms with Gasteiger partial charge in [0.15, 0.2) is 5.82 Å². The Morgan fingerprint density at radius 2 is 1.92 bits per heavy atom. The van der Waals surface area contributed by atoms with Crippen molar-refractivity contribution in [3.63, 3.8) is 0 Å². The number of aromatic nitrogens is 4. The molecule has 5 aromatic rings. The molecule has 2 unspecified atom stereocenters. The van der Waals surface area contributed by atoms with Gasteiger partial charge in [-0.25, -0.2) is 17.6 Å². The van der Waals surface area contributed by atoms with Crippen LogP contribution in [0.2, 0.25) is 0 Å². The number of aliphatic hydroxyl groups is 1. The lowest BCUT2D eigenvalue weighted by Gasteiger charge is -2.38. The van der Waals surface area contributed by atoms with Gasteiger partial charge in [0, 0.05) is 49.1 Å². The summed E-state index contributed by atoms with van der Waals surface area (Å²) >= 11 is 0. The normalized spacial score (nSPS) is 24.3. The number of phenolic OH excluding ortho intramolecular Hbond substituents is 1. The summed E-state index contributed by atoms with van der Waals surface area (Å²) in [4.78, 5) is 13.1. The van der Waals surface area contributed by atoms with E-state index in [-0.39, 0.29) is 75.6 Å². The third kappa shape index (κ3) is 5.03. The first-order chi connectivity index (χ1) is 23.5. The Morgan fingerprint density at radius 1 is 1.10 bits per heavy atom. The molecule has 3 fully saturated rings. The van der Waals surface area contributed by atoms with Gasteiger partial charge >= 0.3 is 6.01 Å². The highest BCUT2D eigenvalue weighted by Gasteiger charge is 2.49. The molecule has 0 spiro atoms. The van der Waals surface area contributed by atoms with Crippen molar-refractivity contribution >= 4 is 38.4 Å². The molecule has 3 aliphatic heterocycles. The Hall–Kier alpha value is -4.67. The quantitative estimate of drug-likeness (QED) is 0.179. The highest BCUT2D eigenvalue weighted by molar-refractivity contribution is 6.18. The van der Waals surface area contributed by atoms with E-state index >= 15 is 8.78 Å². The van der Waals surface area contributed by atoms with Gasteiger partial charge in [-0.15, -0.1) is 6.42 Å². The second-order valence-electron chi connectivity index (χ2n) is 13.7. The molecule has 8 rings (SSSR count). The molecule has 13 heteroatoms. The van der Waals surface area contributed by atoms with Crippen LogP contribution in [0.5, 0.6) is 11.8 Å². The number of alkyl halides is 2. The number of rotatable bonds is 6. The van der Waals surface area contributed by atoms with Gasteiger partial charge in [-0.1, -0.05) is 12.0 Å². The van der Waals surface area contributed by atoms with E-state index in [1.165, 1.54) is 28.9 Å². The van der Waals surface area contributed by atoms with Gasteiger partial charge < -0.3 is 19.8 Å². The average molecular weight is 675 g/mol. The monoisotopic (exact) mass is 674 g/mol. The number of aryl methyl sites for hydroxylation is 1. The van der Waals surface area contributed by atoms with Crippen LogP contribution in [0.1, 0.15) is 37.7 Å². The van der Waals surface area contributed by atoms with Crippen molar-refractivity contribution in [1.29, 1.82) is 0 Å². The van der Waals surface area contributed by atoms with Crippen LogP contribution in [0.15, 0.2) is 30.5 Å². The van der Waals surface area contributed by atoms with Gasteiger partial charge in [-0.05, 0) is 61.4 Å². The summed E-state index contributed by atoms with van der Waals surface area (Å²) in [5.74, 6) is 0.863. The SMILES string of the molecule is C#Cc1c(F)ccc2cc(O)cc(-c3c(F)c4nc(OCC56CCCN5C[C@H](F)C6)nc(N5CCCC(O)(CF)C5)c4c4cn(C)nc34)c12. The number of halogens is 4. The highest BCUT2D eigenvalue weighted by atomic mass is 19.1. The molecule has 3 aliphatic rings. The van der Waals surface area contributed by atoms with Crippen LogP contribution in [0.4, 0.5) is 23.4 Å². The largest absolute Gasteiger partial charge is 0.508 e. The van der Waals surface area contributed by atoms with Crippen molar-refractivity contribution in [2.75, 3.05) is 44.4 Å². The van der Waals surface area contributed by atoms with Gasteiger partial charge in [0.2, 0.25) is 0 Å². The number of piperidine rings is 1. The van der Waals surface area contributed by atoms with E-state index in [9.17, 15) is 19.0 Å². The lowest BCUT2D eigenvalue weighted by Crippen LogP contribution is -2.50. The summed E-state index contributed by atoms with van der Waals surface area (Å²) in [6, 6.07) is 5.21. The minimum atomic E-state index is -1.64. The maximum absolute atomic E-state index is 17.4. The zero-order valence-electron chi connectivity index (χ0n) is 26.8. The number of anilines is 1. The molecule has 0 bridgehead atoms. The van der Waals surface area contributed by atoms with Gasteiger partial charge in [0.05, 0.1) is 23.0 Å². The minimum absolute atomic E-state index is 0.0720. The molecule has 9 nitrogen and oxygen atoms in total. The molecule has 3 atom stereocenters. The zero-order valence-corrected chi connectivity index (χ0v) is 26.8. The number of ether oxygens (including phenoxy) is 1. The first-order valence-corrected chi connectivity index (χ1v) is 16.4. The maximum atomic E-state index is 17.4. The molecule has 49 heavy (non-hydrogen) atoms. The molecule has 2 N–H and O–H groups in total. The zero-order chi connectivity index (χ0) is 34.2. The fourth-order valence-corrected chi connectivity index (χ4v) is 8.27. The molecule has 0 amide bonds. The Kier molecular flexibility index (Phi) is 7.38. The lowest BCUT2D eigenvalue weighted by atomic mass is 9.91. The molecule has 2 aromatic heterocycles. The molecular weight excluding hydrogens is 640 g/mol. The van der Waals surface area contributed by atoms with Crippen molar-refractivity contribution in [3.8, 4) is 35.2 Å². The first-order valence-electron chi connectivity index (χ1n) is 16.4. The van der Waals surface area contributed by atoms with E-state index in [1.54, 1.807) is 18.1 Å². The predicted molar refractivity (Wildman–Crippen MR) is 177 cm³/mol. The van der Waals surface area contributed by atoms with Crippen molar-refractivity contribution in [2.24, 2.45) is 7.05 Å². The van der Waals surface area contributed by atoms with Gasteiger partial charge in [0.25, 0.3) is 0 Å². The van der Waals surface area contributed by atoms with Gasteiger partial charge in [-0.3, -0.25) is 9.58 Å². The number of benzene rings is 3. The summed E-state index contributed by atoms with van der Waals surface area (Å²) < 4.78 is 68.9. The van der Waals surface area contributed by atoms with Crippen LogP contribution in [0, 0.1) is 24.0 Å². The molecule has 0 aliphatic carbocycles. The van der Waals surface area contributed by atoms with Gasteiger partial charge in [-0.2, -0.15) is 15.1 Å². The van der Waals surface area contributed by atoms with Crippen molar-refractivity contribution in [2.45, 2.75) is 49.4 Å². The number of phenols is 1. The van der Waals surface area contributed by atoms with Crippen molar-refractivity contribution in [3.05, 3.63) is 47.7 Å². The summed E-state index contributed by atoms with van der Waals surface area (Å²) in [6.45, 7) is 0.457. The lowest BCUT2D eigenvalue weighted by molar-refractivity contribution is 0.00302. The maximum Gasteiger partial charge on any atom is 0.319 e. The molecule has 3 saturated heterocycles. The summed E-state index contributed by atoms with van der Waals surface area (Å²) in [5, 5.41) is 27.6. The molecule has 3 aromatic carbocycles. The fraction of sp³-hybridized carbons (Fsp3) is 0.417. The third-order valence-corrected chi connectivity index (χ3v) is 10.4. The summed E-state index contributed by atoms with van der Waals surface area (Å²) in [7, 11) is 1.66. The first kappa shape index (κ1) is 31.6. The number of fused-ring (bicyclic) bond motifs is 5. The molecule has 0 saturated carbocycles. The number of nitrogens with zero attached hydrogens (tertiary/aromatic N) is 6. The van der Waals surface area contributed by atoms with E-state index in [1.807, 2.05) is 0 Å². The van der Waals surface area contributed by atoms with Crippen molar-refractivity contribution < 1.29 is 32.5 Å².